The largest absolute Gasteiger partial charge is 0.488 e. The predicted octanol–water partition coefficient (Wildman–Crippen LogP) is 3.50. The fourth-order valence-corrected chi connectivity index (χ4v) is 2.54. The number of carbonyl (C=O) groups is 2. The van der Waals surface area contributed by atoms with Gasteiger partial charge >= 0.3 is 0 Å². The molecule has 0 aromatic carbocycles. The van der Waals surface area contributed by atoms with E-state index in [4.69, 9.17) is 9.47 Å². The number of anilines is 1. The van der Waals surface area contributed by atoms with Crippen molar-refractivity contribution in [1.29, 1.82) is 0 Å². The number of aryl methyl sites for hydroxylation is 1. The van der Waals surface area contributed by atoms with Crippen LogP contribution in [0.25, 0.3) is 0 Å². The summed E-state index contributed by atoms with van der Waals surface area (Å²) in [6.45, 7) is 5.79. The number of carbonyl (C=O) groups excluding carboxylic acids is 2. The maximum atomic E-state index is 13.5. The first-order valence-electron chi connectivity index (χ1n) is 9.80. The molecule has 31 heavy (non-hydrogen) atoms. The molecular weight excluding hydrogens is 410 g/mol. The van der Waals surface area contributed by atoms with Crippen LogP contribution in [0.15, 0.2) is 24.4 Å². The van der Waals surface area contributed by atoms with Crippen molar-refractivity contribution in [3.05, 3.63) is 41.2 Å². The molecule has 0 spiro atoms. The Morgan fingerprint density at radius 3 is 2.55 bits per heavy atom. The van der Waals surface area contributed by atoms with Crippen LogP contribution in [0.2, 0.25) is 0 Å². The Morgan fingerprint density at radius 2 is 1.90 bits per heavy atom. The fourth-order valence-electron chi connectivity index (χ4n) is 2.54. The quantitative estimate of drug-likeness (QED) is 0.591. The molecule has 0 fully saturated rings. The van der Waals surface area contributed by atoms with Crippen LogP contribution in [0.3, 0.4) is 0 Å². The number of alkyl halides is 2. The van der Waals surface area contributed by atoms with E-state index >= 15 is 0 Å². The zero-order valence-electron chi connectivity index (χ0n) is 17.9. The summed E-state index contributed by atoms with van der Waals surface area (Å²) in [7, 11) is 0. The summed E-state index contributed by atoms with van der Waals surface area (Å²) in [5.74, 6) is -3.17. The molecule has 10 heteroatoms. The predicted molar refractivity (Wildman–Crippen MR) is 111 cm³/mol. The number of rotatable bonds is 10. The highest BCUT2D eigenvalue weighted by atomic mass is 19.3. The number of nitrogens with one attached hydrogen (secondary N) is 2. The van der Waals surface area contributed by atoms with Gasteiger partial charge in [0.15, 0.2) is 12.4 Å². The molecular formula is C21H26F2N4O4. The van der Waals surface area contributed by atoms with E-state index in [-0.39, 0.29) is 42.2 Å². The number of hydrogen-bond acceptors (Lipinski definition) is 6. The maximum Gasteiger partial charge on any atom is 0.281 e. The van der Waals surface area contributed by atoms with Gasteiger partial charge in [0.25, 0.3) is 17.7 Å². The summed E-state index contributed by atoms with van der Waals surface area (Å²) in [4.78, 5) is 32.0. The summed E-state index contributed by atoms with van der Waals surface area (Å²) in [5, 5.41) is 5.29. The Hall–Kier alpha value is -3.30. The van der Waals surface area contributed by atoms with Crippen LogP contribution in [0.4, 0.5) is 14.6 Å². The van der Waals surface area contributed by atoms with E-state index < -0.39 is 12.5 Å². The third-order valence-corrected chi connectivity index (χ3v) is 4.08. The first-order chi connectivity index (χ1) is 14.6. The van der Waals surface area contributed by atoms with Gasteiger partial charge in [-0.15, -0.1) is 0 Å². The number of halogens is 2. The smallest absolute Gasteiger partial charge is 0.281 e. The molecule has 0 aliphatic rings. The summed E-state index contributed by atoms with van der Waals surface area (Å²) >= 11 is 0. The molecule has 8 nitrogen and oxygen atoms in total. The minimum absolute atomic E-state index is 0.0326. The molecule has 0 unspecified atom stereocenters. The summed E-state index contributed by atoms with van der Waals surface area (Å²) in [5.41, 5.74) is 1.50. The molecule has 0 radical (unpaired) electrons. The first kappa shape index (κ1) is 24.0. The van der Waals surface area contributed by atoms with Crippen LogP contribution in [0.1, 0.15) is 48.8 Å². The van der Waals surface area contributed by atoms with Gasteiger partial charge in [-0.2, -0.15) is 0 Å². The van der Waals surface area contributed by atoms with Crippen molar-refractivity contribution in [3.63, 3.8) is 0 Å². The van der Waals surface area contributed by atoms with Crippen molar-refractivity contribution in [3.8, 4) is 11.6 Å². The molecule has 0 aliphatic heterocycles. The topological polar surface area (TPSA) is 102 Å². The van der Waals surface area contributed by atoms with E-state index in [1.165, 1.54) is 26.1 Å². The van der Waals surface area contributed by atoms with Gasteiger partial charge in [-0.05, 0) is 37.6 Å². The zero-order chi connectivity index (χ0) is 23.0. The lowest BCUT2D eigenvalue weighted by atomic mass is 10.2. The molecule has 2 amide bonds. The van der Waals surface area contributed by atoms with Crippen molar-refractivity contribution in [2.45, 2.75) is 46.6 Å². The van der Waals surface area contributed by atoms with Gasteiger partial charge in [0.05, 0.1) is 6.61 Å². The van der Waals surface area contributed by atoms with Gasteiger partial charge in [-0.25, -0.2) is 18.7 Å². The molecule has 0 atom stereocenters. The second-order valence-corrected chi connectivity index (χ2v) is 6.82. The fraction of sp³-hybridized carbons (Fsp3) is 0.429. The lowest BCUT2D eigenvalue weighted by molar-refractivity contribution is -0.114. The third-order valence-electron chi connectivity index (χ3n) is 4.08. The average molecular weight is 436 g/mol. The molecule has 2 rings (SSSR count). The summed E-state index contributed by atoms with van der Waals surface area (Å²) in [6.07, 6.45) is 1.07. The highest BCUT2D eigenvalue weighted by Crippen LogP contribution is 2.28. The van der Waals surface area contributed by atoms with Crippen molar-refractivity contribution < 1.29 is 27.8 Å². The van der Waals surface area contributed by atoms with Crippen LogP contribution < -0.4 is 20.1 Å². The molecule has 0 aliphatic carbocycles. The number of hydrogen-bond donors (Lipinski definition) is 2. The molecule has 0 saturated heterocycles. The molecule has 2 heterocycles. The molecule has 0 bridgehead atoms. The number of aromatic nitrogens is 2. The Labute approximate surface area is 179 Å². The highest BCUT2D eigenvalue weighted by molar-refractivity contribution is 5.96. The monoisotopic (exact) mass is 436 g/mol. The number of amides is 2. The second-order valence-electron chi connectivity index (χ2n) is 6.82. The van der Waals surface area contributed by atoms with Crippen LogP contribution in [0, 0.1) is 6.92 Å². The van der Waals surface area contributed by atoms with E-state index in [0.717, 1.165) is 0 Å². The Balaban J connectivity index is 2.09. The lowest BCUT2D eigenvalue weighted by Crippen LogP contribution is -2.25. The minimum atomic E-state index is -2.96. The molecule has 2 aromatic rings. The molecule has 168 valence electrons. The summed E-state index contributed by atoms with van der Waals surface area (Å²) < 4.78 is 37.5. The van der Waals surface area contributed by atoms with Gasteiger partial charge in [-0.1, -0.05) is 6.92 Å². The van der Waals surface area contributed by atoms with Crippen LogP contribution in [-0.4, -0.2) is 40.9 Å². The van der Waals surface area contributed by atoms with Crippen LogP contribution >= 0.6 is 0 Å². The number of ether oxygens (including phenoxy) is 2. The Morgan fingerprint density at radius 1 is 1.16 bits per heavy atom. The maximum absolute atomic E-state index is 13.5. The number of pyridine rings is 2. The molecule has 2 aromatic heterocycles. The van der Waals surface area contributed by atoms with E-state index in [1.807, 2.05) is 0 Å². The number of nitrogens with zero attached hydrogens (tertiary/aromatic N) is 2. The van der Waals surface area contributed by atoms with Crippen molar-refractivity contribution >= 4 is 17.6 Å². The zero-order valence-corrected chi connectivity index (χ0v) is 17.9. The van der Waals surface area contributed by atoms with E-state index in [1.54, 1.807) is 26.0 Å². The highest BCUT2D eigenvalue weighted by Gasteiger charge is 2.28. The molecule has 0 saturated carbocycles. The SMILES string of the molecule is CCOc1cc(CNC(=O)c2cc(C)nc(NC(C)=O)c2)cnc1OCC(F)(F)CC. The standard InChI is InChI=1S/C21H26F2N4O4/c1-5-21(22,23)12-31-20-17(30-6-2)8-15(11-25-20)10-24-19(29)16-7-13(3)26-18(9-16)27-14(4)28/h7-9,11H,5-6,10,12H2,1-4H3,(H,24,29)(H,26,27,28). The van der Waals surface area contributed by atoms with Gasteiger partial charge in [0, 0.05) is 37.3 Å². The van der Waals surface area contributed by atoms with E-state index in [9.17, 15) is 18.4 Å². The van der Waals surface area contributed by atoms with E-state index in [2.05, 4.69) is 20.6 Å². The normalized spacial score (nSPS) is 11.0. The first-order valence-corrected chi connectivity index (χ1v) is 9.80. The Bertz CT molecular complexity index is 938. The minimum Gasteiger partial charge on any atom is -0.488 e. The third kappa shape index (κ3) is 7.47. The van der Waals surface area contributed by atoms with Gasteiger partial charge in [0.1, 0.15) is 5.82 Å². The van der Waals surface area contributed by atoms with Gasteiger partial charge in [-0.3, -0.25) is 9.59 Å². The Kier molecular flexibility index (Phi) is 8.23. The van der Waals surface area contributed by atoms with Crippen molar-refractivity contribution in [1.82, 2.24) is 15.3 Å². The second kappa shape index (κ2) is 10.6. The molecule has 2 N–H and O–H groups in total. The average Bonchev–Trinajstić information content (AvgIpc) is 2.70. The lowest BCUT2D eigenvalue weighted by Gasteiger charge is -2.17. The summed E-state index contributed by atoms with van der Waals surface area (Å²) in [6, 6.07) is 4.64. The van der Waals surface area contributed by atoms with Crippen molar-refractivity contribution in [2.24, 2.45) is 0 Å². The van der Waals surface area contributed by atoms with Crippen LogP contribution in [-0.2, 0) is 11.3 Å². The van der Waals surface area contributed by atoms with Crippen molar-refractivity contribution in [2.75, 3.05) is 18.5 Å². The van der Waals surface area contributed by atoms with E-state index in [0.29, 0.717) is 23.4 Å². The van der Waals surface area contributed by atoms with Gasteiger partial charge < -0.3 is 20.1 Å². The van der Waals surface area contributed by atoms with Gasteiger partial charge in [0.2, 0.25) is 5.91 Å². The van der Waals surface area contributed by atoms with Crippen LogP contribution in [0.5, 0.6) is 11.6 Å².